The second-order valence-corrected chi connectivity index (χ2v) is 3.18. The van der Waals surface area contributed by atoms with E-state index in [0.717, 1.165) is 25.9 Å². The first-order chi connectivity index (χ1) is 5.66. The summed E-state index contributed by atoms with van der Waals surface area (Å²) < 4.78 is 0. The molecule has 0 spiro atoms. The van der Waals surface area contributed by atoms with E-state index >= 15 is 0 Å². The number of hydrogen-bond donors (Lipinski definition) is 2. The van der Waals surface area contributed by atoms with E-state index in [0.29, 0.717) is 12.3 Å². The topological polar surface area (TPSA) is 49.3 Å². The molecule has 3 heteroatoms. The van der Waals surface area contributed by atoms with Crippen LogP contribution in [-0.4, -0.2) is 24.2 Å². The molecule has 0 radical (unpaired) electrons. The Kier molecular flexibility index (Phi) is 6.76. The maximum Gasteiger partial charge on any atom is 0.303 e. The average Bonchev–Trinajstić information content (AvgIpc) is 2.01. The van der Waals surface area contributed by atoms with Gasteiger partial charge in [0.15, 0.2) is 0 Å². The van der Waals surface area contributed by atoms with Crippen molar-refractivity contribution >= 4 is 5.97 Å². The fraction of sp³-hybridized carbons (Fsp3) is 0.889. The first-order valence-electron chi connectivity index (χ1n) is 4.59. The monoisotopic (exact) mass is 173 g/mol. The maximum atomic E-state index is 10.2. The molecule has 0 heterocycles. The van der Waals surface area contributed by atoms with Crippen LogP contribution < -0.4 is 5.32 Å². The molecule has 0 aliphatic carbocycles. The van der Waals surface area contributed by atoms with E-state index in [2.05, 4.69) is 19.2 Å². The molecule has 0 aromatic rings. The van der Waals surface area contributed by atoms with Gasteiger partial charge in [-0.1, -0.05) is 13.8 Å². The minimum atomic E-state index is -0.690. The van der Waals surface area contributed by atoms with Crippen molar-refractivity contribution in [1.29, 1.82) is 0 Å². The van der Waals surface area contributed by atoms with Crippen LogP contribution in [0.3, 0.4) is 0 Å². The molecular weight excluding hydrogens is 154 g/mol. The lowest BCUT2D eigenvalue weighted by atomic mass is 10.0. The van der Waals surface area contributed by atoms with E-state index in [-0.39, 0.29) is 0 Å². The summed E-state index contributed by atoms with van der Waals surface area (Å²) in [6.07, 6.45) is 2.16. The summed E-state index contributed by atoms with van der Waals surface area (Å²) in [5, 5.41) is 11.6. The molecule has 0 aliphatic rings. The number of rotatable bonds is 7. The van der Waals surface area contributed by atoms with Gasteiger partial charge in [-0.25, -0.2) is 0 Å². The molecule has 0 fully saturated rings. The molecule has 1 atom stereocenters. The summed E-state index contributed by atoms with van der Waals surface area (Å²) in [4.78, 5) is 10.2. The van der Waals surface area contributed by atoms with Gasteiger partial charge in [0.05, 0.1) is 0 Å². The third kappa shape index (κ3) is 7.54. The van der Waals surface area contributed by atoms with Crippen molar-refractivity contribution in [3.8, 4) is 0 Å². The van der Waals surface area contributed by atoms with E-state index in [1.165, 1.54) is 0 Å². The molecule has 0 amide bonds. The average molecular weight is 173 g/mol. The number of hydrogen-bond acceptors (Lipinski definition) is 2. The van der Waals surface area contributed by atoms with Gasteiger partial charge in [-0.05, 0) is 31.8 Å². The normalized spacial score (nSPS) is 12.8. The third-order valence-corrected chi connectivity index (χ3v) is 1.91. The lowest BCUT2D eigenvalue weighted by Crippen LogP contribution is -2.16. The Hall–Kier alpha value is -0.570. The standard InChI is InChI=1S/C9H19NO2/c1-3-10-7-6-8(2)4-5-9(11)12/h8,10H,3-7H2,1-2H3,(H,11,12). The Bertz CT molecular complexity index is 126. The van der Waals surface area contributed by atoms with Crippen LogP contribution in [0.4, 0.5) is 0 Å². The second-order valence-electron chi connectivity index (χ2n) is 3.18. The van der Waals surface area contributed by atoms with Gasteiger partial charge >= 0.3 is 5.97 Å². The zero-order valence-electron chi connectivity index (χ0n) is 7.97. The number of carboxylic acid groups (broad SMARTS) is 1. The minimum absolute atomic E-state index is 0.299. The van der Waals surface area contributed by atoms with Crippen molar-refractivity contribution < 1.29 is 9.90 Å². The van der Waals surface area contributed by atoms with Crippen LogP contribution in [-0.2, 0) is 4.79 Å². The summed E-state index contributed by atoms with van der Waals surface area (Å²) in [7, 11) is 0. The predicted octanol–water partition coefficient (Wildman–Crippen LogP) is 1.49. The molecule has 0 bridgehead atoms. The Labute approximate surface area is 74.2 Å². The van der Waals surface area contributed by atoms with Crippen LogP contribution in [0.15, 0.2) is 0 Å². The fourth-order valence-electron chi connectivity index (χ4n) is 1.04. The first-order valence-corrected chi connectivity index (χ1v) is 4.59. The zero-order valence-corrected chi connectivity index (χ0v) is 7.97. The third-order valence-electron chi connectivity index (χ3n) is 1.91. The summed E-state index contributed by atoms with van der Waals surface area (Å²) >= 11 is 0. The smallest absolute Gasteiger partial charge is 0.303 e. The second kappa shape index (κ2) is 7.10. The van der Waals surface area contributed by atoms with Crippen LogP contribution in [0.5, 0.6) is 0 Å². The molecule has 0 saturated carbocycles. The van der Waals surface area contributed by atoms with Gasteiger partial charge < -0.3 is 10.4 Å². The van der Waals surface area contributed by atoms with E-state index in [1.54, 1.807) is 0 Å². The summed E-state index contributed by atoms with van der Waals surface area (Å²) in [6, 6.07) is 0. The lowest BCUT2D eigenvalue weighted by Gasteiger charge is -2.09. The van der Waals surface area contributed by atoms with Gasteiger partial charge in [0, 0.05) is 6.42 Å². The molecule has 1 unspecified atom stereocenters. The number of carbonyl (C=O) groups is 1. The largest absolute Gasteiger partial charge is 0.481 e. The van der Waals surface area contributed by atoms with Gasteiger partial charge in [-0.2, -0.15) is 0 Å². The van der Waals surface area contributed by atoms with Gasteiger partial charge in [-0.3, -0.25) is 4.79 Å². The van der Waals surface area contributed by atoms with Gasteiger partial charge in [0.1, 0.15) is 0 Å². The van der Waals surface area contributed by atoms with Gasteiger partial charge in [0.25, 0.3) is 0 Å². The highest BCUT2D eigenvalue weighted by Crippen LogP contribution is 2.08. The molecule has 2 N–H and O–H groups in total. The first kappa shape index (κ1) is 11.4. The van der Waals surface area contributed by atoms with Crippen LogP contribution >= 0.6 is 0 Å². The Morgan fingerprint density at radius 1 is 1.50 bits per heavy atom. The van der Waals surface area contributed by atoms with E-state index in [9.17, 15) is 4.79 Å². The highest BCUT2D eigenvalue weighted by atomic mass is 16.4. The SMILES string of the molecule is CCNCCC(C)CCC(=O)O. The molecule has 0 rings (SSSR count). The number of carboxylic acids is 1. The van der Waals surface area contributed by atoms with E-state index < -0.39 is 5.97 Å². The van der Waals surface area contributed by atoms with Crippen molar-refractivity contribution in [2.24, 2.45) is 5.92 Å². The van der Waals surface area contributed by atoms with Crippen LogP contribution in [0, 0.1) is 5.92 Å². The summed E-state index contributed by atoms with van der Waals surface area (Å²) in [5.41, 5.74) is 0. The predicted molar refractivity (Wildman–Crippen MR) is 49.2 cm³/mol. The molecule has 3 nitrogen and oxygen atoms in total. The van der Waals surface area contributed by atoms with Crippen LogP contribution in [0.25, 0.3) is 0 Å². The Morgan fingerprint density at radius 3 is 2.67 bits per heavy atom. The zero-order chi connectivity index (χ0) is 9.40. The minimum Gasteiger partial charge on any atom is -0.481 e. The number of nitrogens with one attached hydrogen (secondary N) is 1. The fourth-order valence-corrected chi connectivity index (χ4v) is 1.04. The molecule has 0 saturated heterocycles. The van der Waals surface area contributed by atoms with E-state index in [4.69, 9.17) is 5.11 Å². The van der Waals surface area contributed by atoms with Gasteiger partial charge in [-0.15, -0.1) is 0 Å². The van der Waals surface area contributed by atoms with Crippen LogP contribution in [0.1, 0.15) is 33.1 Å². The summed E-state index contributed by atoms with van der Waals surface area (Å²) in [6.45, 7) is 6.16. The molecule has 0 aromatic carbocycles. The highest BCUT2D eigenvalue weighted by molar-refractivity contribution is 5.66. The molecular formula is C9H19NO2. The Morgan fingerprint density at radius 2 is 2.17 bits per heavy atom. The lowest BCUT2D eigenvalue weighted by molar-refractivity contribution is -0.137. The van der Waals surface area contributed by atoms with Crippen molar-refractivity contribution in [2.75, 3.05) is 13.1 Å². The van der Waals surface area contributed by atoms with Crippen LogP contribution in [0.2, 0.25) is 0 Å². The molecule has 0 aromatic heterocycles. The molecule has 12 heavy (non-hydrogen) atoms. The van der Waals surface area contributed by atoms with Gasteiger partial charge in [0.2, 0.25) is 0 Å². The van der Waals surface area contributed by atoms with Crippen molar-refractivity contribution in [1.82, 2.24) is 5.32 Å². The molecule has 0 aliphatic heterocycles. The Balaban J connectivity index is 3.21. The summed E-state index contributed by atoms with van der Waals surface area (Å²) in [5.74, 6) is -0.176. The maximum absolute atomic E-state index is 10.2. The highest BCUT2D eigenvalue weighted by Gasteiger charge is 2.04. The van der Waals surface area contributed by atoms with E-state index in [1.807, 2.05) is 0 Å². The quantitative estimate of drug-likeness (QED) is 0.573. The van der Waals surface area contributed by atoms with Crippen molar-refractivity contribution in [3.63, 3.8) is 0 Å². The van der Waals surface area contributed by atoms with Crippen molar-refractivity contribution in [2.45, 2.75) is 33.1 Å². The van der Waals surface area contributed by atoms with Crippen molar-refractivity contribution in [3.05, 3.63) is 0 Å². The number of aliphatic carboxylic acids is 1. The molecule has 72 valence electrons.